The molecule has 16 heavy (non-hydrogen) atoms. The molecule has 1 fully saturated rings. The predicted octanol–water partition coefficient (Wildman–Crippen LogP) is 3.23. The van der Waals surface area contributed by atoms with Gasteiger partial charge in [-0.2, -0.15) is 0 Å². The van der Waals surface area contributed by atoms with Crippen molar-refractivity contribution in [3.63, 3.8) is 0 Å². The van der Waals surface area contributed by atoms with Crippen LogP contribution in [-0.2, 0) is 4.79 Å². The highest BCUT2D eigenvalue weighted by Gasteiger charge is 2.24. The maximum atomic E-state index is 11.9. The fourth-order valence-electron chi connectivity index (χ4n) is 2.48. The molecule has 0 saturated heterocycles. The van der Waals surface area contributed by atoms with Crippen molar-refractivity contribution in [3.05, 3.63) is 29.3 Å². The van der Waals surface area contributed by atoms with Crippen molar-refractivity contribution in [2.75, 3.05) is 7.11 Å². The Bertz CT molecular complexity index is 396. The molecule has 1 aromatic carbocycles. The van der Waals surface area contributed by atoms with Gasteiger partial charge in [-0.1, -0.05) is 12.5 Å². The van der Waals surface area contributed by atoms with Gasteiger partial charge in [0.1, 0.15) is 11.5 Å². The van der Waals surface area contributed by atoms with Gasteiger partial charge in [-0.3, -0.25) is 4.79 Å². The Hall–Kier alpha value is -1.31. The van der Waals surface area contributed by atoms with Crippen LogP contribution in [0.3, 0.4) is 0 Å². The number of ether oxygens (including phenoxy) is 1. The molecule has 1 unspecified atom stereocenters. The lowest BCUT2D eigenvalue weighted by molar-refractivity contribution is -0.121. The molecular formula is C14H18O2. The molecule has 1 aromatic rings. The zero-order valence-corrected chi connectivity index (χ0v) is 9.95. The van der Waals surface area contributed by atoms with Crippen LogP contribution in [0.15, 0.2) is 18.2 Å². The molecule has 0 aliphatic heterocycles. The third kappa shape index (κ3) is 2.11. The highest BCUT2D eigenvalue weighted by Crippen LogP contribution is 2.33. The summed E-state index contributed by atoms with van der Waals surface area (Å²) in [6.45, 7) is 2.06. The van der Waals surface area contributed by atoms with Crippen LogP contribution in [0.25, 0.3) is 0 Å². The minimum absolute atomic E-state index is 0.125. The lowest BCUT2D eigenvalue weighted by atomic mass is 9.81. The lowest BCUT2D eigenvalue weighted by Gasteiger charge is -2.22. The molecule has 0 heterocycles. The second-order valence-corrected chi connectivity index (χ2v) is 4.49. The maximum Gasteiger partial charge on any atom is 0.140 e. The summed E-state index contributed by atoms with van der Waals surface area (Å²) in [5, 5.41) is 0. The normalized spacial score (nSPS) is 20.9. The summed E-state index contributed by atoms with van der Waals surface area (Å²) in [5.41, 5.74) is 2.35. The van der Waals surface area contributed by atoms with E-state index in [0.29, 0.717) is 5.78 Å². The number of carbonyl (C=O) groups excluding carboxylic acids is 1. The van der Waals surface area contributed by atoms with E-state index < -0.39 is 0 Å². The van der Waals surface area contributed by atoms with E-state index in [2.05, 4.69) is 6.92 Å². The Kier molecular flexibility index (Phi) is 3.28. The first kappa shape index (κ1) is 11.2. The molecule has 2 heteroatoms. The van der Waals surface area contributed by atoms with Crippen LogP contribution in [0, 0.1) is 6.92 Å². The molecule has 2 rings (SSSR count). The van der Waals surface area contributed by atoms with Crippen LogP contribution >= 0.6 is 0 Å². The van der Waals surface area contributed by atoms with Gasteiger partial charge >= 0.3 is 0 Å². The molecule has 1 saturated carbocycles. The van der Waals surface area contributed by atoms with Crippen LogP contribution < -0.4 is 4.74 Å². The number of Topliss-reactive ketones (excluding diaryl/α,β-unsaturated/α-hetero) is 1. The first-order chi connectivity index (χ1) is 7.72. The second kappa shape index (κ2) is 4.69. The molecule has 0 aromatic heterocycles. The summed E-state index contributed by atoms with van der Waals surface area (Å²) in [6, 6.07) is 6.00. The van der Waals surface area contributed by atoms with E-state index in [-0.39, 0.29) is 5.92 Å². The molecule has 2 nitrogen and oxygen atoms in total. The minimum Gasteiger partial charge on any atom is -0.497 e. The van der Waals surface area contributed by atoms with Crippen LogP contribution in [0.2, 0.25) is 0 Å². The molecule has 1 aliphatic carbocycles. The van der Waals surface area contributed by atoms with E-state index in [4.69, 9.17) is 4.74 Å². The Morgan fingerprint density at radius 2 is 2.12 bits per heavy atom. The van der Waals surface area contributed by atoms with Gasteiger partial charge < -0.3 is 4.74 Å². The average molecular weight is 218 g/mol. The molecule has 1 atom stereocenters. The largest absolute Gasteiger partial charge is 0.497 e. The van der Waals surface area contributed by atoms with Crippen molar-refractivity contribution in [1.82, 2.24) is 0 Å². The topological polar surface area (TPSA) is 26.3 Å². The van der Waals surface area contributed by atoms with Crippen molar-refractivity contribution in [1.29, 1.82) is 0 Å². The summed E-state index contributed by atoms with van der Waals surface area (Å²) < 4.78 is 5.18. The molecule has 0 radical (unpaired) electrons. The van der Waals surface area contributed by atoms with E-state index in [1.807, 2.05) is 18.2 Å². The van der Waals surface area contributed by atoms with Gasteiger partial charge in [0.2, 0.25) is 0 Å². The van der Waals surface area contributed by atoms with Crippen LogP contribution in [0.5, 0.6) is 5.75 Å². The molecule has 0 amide bonds. The van der Waals surface area contributed by atoms with Gasteiger partial charge in [0.05, 0.1) is 7.11 Å². The van der Waals surface area contributed by atoms with Crippen molar-refractivity contribution in [2.45, 2.75) is 38.5 Å². The number of carbonyl (C=O) groups is 1. The lowest BCUT2D eigenvalue weighted by Crippen LogP contribution is -2.17. The van der Waals surface area contributed by atoms with Crippen molar-refractivity contribution >= 4 is 5.78 Å². The van der Waals surface area contributed by atoms with Gasteiger partial charge in [-0.15, -0.1) is 0 Å². The fraction of sp³-hybridized carbons (Fsp3) is 0.500. The molecule has 0 N–H and O–H groups in total. The highest BCUT2D eigenvalue weighted by atomic mass is 16.5. The monoisotopic (exact) mass is 218 g/mol. The number of hydrogen-bond acceptors (Lipinski definition) is 2. The summed E-state index contributed by atoms with van der Waals surface area (Å²) in [4.78, 5) is 11.9. The highest BCUT2D eigenvalue weighted by molar-refractivity contribution is 5.86. The first-order valence-electron chi connectivity index (χ1n) is 5.89. The zero-order valence-electron chi connectivity index (χ0n) is 9.95. The third-order valence-electron chi connectivity index (χ3n) is 3.41. The van der Waals surface area contributed by atoms with Crippen molar-refractivity contribution < 1.29 is 9.53 Å². The number of methoxy groups -OCH3 is 1. The number of aryl methyl sites for hydroxylation is 1. The standard InChI is InChI=1S/C14H18O2/c1-10-9-11(16-2)7-8-12(10)13-5-3-4-6-14(13)15/h7-9,13H,3-6H2,1-2H3. The summed E-state index contributed by atoms with van der Waals surface area (Å²) in [6.07, 6.45) is 3.98. The van der Waals surface area contributed by atoms with E-state index in [9.17, 15) is 4.79 Å². The van der Waals surface area contributed by atoms with Crippen molar-refractivity contribution in [2.24, 2.45) is 0 Å². The van der Waals surface area contributed by atoms with Gasteiger partial charge in [0.25, 0.3) is 0 Å². The van der Waals surface area contributed by atoms with Crippen LogP contribution in [0.4, 0.5) is 0 Å². The van der Waals surface area contributed by atoms with Gasteiger partial charge in [0, 0.05) is 12.3 Å². The summed E-state index contributed by atoms with van der Waals surface area (Å²) in [5.74, 6) is 1.39. The Labute approximate surface area is 96.6 Å². The van der Waals surface area contributed by atoms with E-state index in [1.54, 1.807) is 7.11 Å². The van der Waals surface area contributed by atoms with E-state index in [0.717, 1.165) is 25.0 Å². The molecule has 0 spiro atoms. The van der Waals surface area contributed by atoms with Gasteiger partial charge in [0.15, 0.2) is 0 Å². The Morgan fingerprint density at radius 3 is 2.75 bits per heavy atom. The second-order valence-electron chi connectivity index (χ2n) is 4.49. The average Bonchev–Trinajstić information content (AvgIpc) is 2.30. The Balaban J connectivity index is 2.28. The SMILES string of the molecule is COc1ccc(C2CCCCC2=O)c(C)c1. The zero-order chi connectivity index (χ0) is 11.5. The van der Waals surface area contributed by atoms with Crippen LogP contribution in [-0.4, -0.2) is 12.9 Å². The molecule has 0 bridgehead atoms. The number of hydrogen-bond donors (Lipinski definition) is 0. The van der Waals surface area contributed by atoms with Crippen molar-refractivity contribution in [3.8, 4) is 5.75 Å². The smallest absolute Gasteiger partial charge is 0.140 e. The minimum atomic E-state index is 0.125. The Morgan fingerprint density at radius 1 is 1.31 bits per heavy atom. The van der Waals surface area contributed by atoms with Crippen LogP contribution in [0.1, 0.15) is 42.7 Å². The molecular weight excluding hydrogens is 200 g/mol. The molecule has 86 valence electrons. The van der Waals surface area contributed by atoms with E-state index in [1.165, 1.54) is 17.5 Å². The number of rotatable bonds is 2. The fourth-order valence-corrected chi connectivity index (χ4v) is 2.48. The number of ketones is 1. The first-order valence-corrected chi connectivity index (χ1v) is 5.89. The summed E-state index contributed by atoms with van der Waals surface area (Å²) >= 11 is 0. The maximum absolute atomic E-state index is 11.9. The van der Waals surface area contributed by atoms with Gasteiger partial charge in [-0.05, 0) is 43.0 Å². The summed E-state index contributed by atoms with van der Waals surface area (Å²) in [7, 11) is 1.67. The van der Waals surface area contributed by atoms with E-state index >= 15 is 0 Å². The molecule has 1 aliphatic rings. The quantitative estimate of drug-likeness (QED) is 0.761. The number of benzene rings is 1. The predicted molar refractivity (Wildman–Crippen MR) is 63.9 cm³/mol. The third-order valence-corrected chi connectivity index (χ3v) is 3.41. The van der Waals surface area contributed by atoms with Gasteiger partial charge in [-0.25, -0.2) is 0 Å².